The van der Waals surface area contributed by atoms with Gasteiger partial charge in [0.05, 0.1) is 18.7 Å². The van der Waals surface area contributed by atoms with Crippen molar-refractivity contribution in [3.63, 3.8) is 0 Å². The molecule has 0 saturated carbocycles. The van der Waals surface area contributed by atoms with Crippen LogP contribution in [0.1, 0.15) is 6.92 Å². The van der Waals surface area contributed by atoms with E-state index in [0.717, 1.165) is 0 Å². The fraction of sp³-hybridized carbons (Fsp3) is 1.00. The Hall–Kier alpha value is 0.755. The number of ether oxygens (including phenoxy) is 1. The molecule has 4 atom stereocenters. The summed E-state index contributed by atoms with van der Waals surface area (Å²) in [7, 11) is -1.15. The molecular weight excluding hydrogens is 249 g/mol. The maximum Gasteiger partial charge on any atom is 0.316 e. The van der Waals surface area contributed by atoms with Crippen molar-refractivity contribution < 1.29 is 18.7 Å². The van der Waals surface area contributed by atoms with Gasteiger partial charge in [-0.15, -0.1) is 0 Å². The van der Waals surface area contributed by atoms with Crippen molar-refractivity contribution in [3.05, 3.63) is 0 Å². The lowest BCUT2D eigenvalue weighted by atomic mass is 9.91. The van der Waals surface area contributed by atoms with Crippen LogP contribution < -0.4 is 0 Å². The van der Waals surface area contributed by atoms with E-state index in [2.05, 4.69) is 4.52 Å². The first kappa shape index (κ1) is 12.8. The van der Waals surface area contributed by atoms with E-state index in [1.54, 1.807) is 7.85 Å². The maximum absolute atomic E-state index is 10.3. The highest BCUT2D eigenvalue weighted by molar-refractivity contribution is 7.32. The normalized spacial score (nSPS) is 38.4. The largest absolute Gasteiger partial charge is 0.378 e. The van der Waals surface area contributed by atoms with Crippen LogP contribution in [0.5, 0.6) is 0 Å². The lowest BCUT2D eigenvalue weighted by Crippen LogP contribution is -2.32. The van der Waals surface area contributed by atoms with Crippen LogP contribution in [0, 0.1) is 5.92 Å². The van der Waals surface area contributed by atoms with Crippen molar-refractivity contribution in [3.8, 4) is 0 Å². The zero-order chi connectivity index (χ0) is 10.9. The topological polar surface area (TPSA) is 55.8 Å². The van der Waals surface area contributed by atoms with Gasteiger partial charge >= 0.3 is 8.25 Å². The number of rotatable bonds is 3. The van der Waals surface area contributed by atoms with Gasteiger partial charge in [-0.05, 0) is 0 Å². The second kappa shape index (κ2) is 4.73. The van der Waals surface area contributed by atoms with Crippen LogP contribution in [-0.2, 0) is 13.8 Å². The molecule has 1 rings (SSSR count). The highest BCUT2D eigenvalue weighted by Crippen LogP contribution is 2.44. The van der Waals surface area contributed by atoms with E-state index in [-0.39, 0.29) is 24.6 Å². The number of alkyl halides is 2. The van der Waals surface area contributed by atoms with Crippen LogP contribution in [0.15, 0.2) is 0 Å². The molecule has 0 aromatic carbocycles. The number of hydrogen-bond acceptors (Lipinski definition) is 3. The number of hydrogen-bond donors (Lipinski definition) is 1. The average Bonchev–Trinajstić information content (AvgIpc) is 2.26. The molecule has 1 N–H and O–H groups in total. The molecule has 0 spiro atoms. The first-order chi connectivity index (χ1) is 6.35. The molecule has 14 heavy (non-hydrogen) atoms. The Morgan fingerprint density at radius 2 is 2.29 bits per heavy atom. The molecule has 1 heterocycles. The zero-order valence-electron chi connectivity index (χ0n) is 7.87. The molecule has 0 bridgehead atoms. The summed E-state index contributed by atoms with van der Waals surface area (Å²) in [6, 6.07) is -0.310. The minimum atomic E-state index is -2.92. The van der Waals surface area contributed by atoms with Crippen molar-refractivity contribution in [2.24, 2.45) is 5.92 Å². The Kier molecular flexibility index (Phi) is 4.33. The summed E-state index contributed by atoms with van der Waals surface area (Å²) in [6.07, 6.45) is -0.332. The molecule has 1 fully saturated rings. The van der Waals surface area contributed by atoms with Crippen LogP contribution in [0.4, 0.5) is 0 Å². The van der Waals surface area contributed by atoms with Gasteiger partial charge in [-0.1, -0.05) is 30.1 Å². The average molecular weight is 261 g/mol. The van der Waals surface area contributed by atoms with Crippen molar-refractivity contribution in [1.82, 2.24) is 0 Å². The van der Waals surface area contributed by atoms with E-state index < -0.39 is 12.6 Å². The molecule has 8 heteroatoms. The van der Waals surface area contributed by atoms with Gasteiger partial charge in [0, 0.05) is 5.92 Å². The van der Waals surface area contributed by atoms with Crippen LogP contribution in [0.2, 0.25) is 0 Å². The first-order valence-corrected chi connectivity index (χ1v) is 6.26. The van der Waals surface area contributed by atoms with Gasteiger partial charge in [-0.3, -0.25) is 4.57 Å². The van der Waals surface area contributed by atoms with Gasteiger partial charge in [0.2, 0.25) is 0 Å². The van der Waals surface area contributed by atoms with Gasteiger partial charge in [0.1, 0.15) is 12.2 Å². The third kappa shape index (κ3) is 2.66. The minimum absolute atomic E-state index is 0.0427. The van der Waals surface area contributed by atoms with E-state index in [1.165, 1.54) is 0 Å². The molecule has 1 unspecified atom stereocenters. The molecule has 4 nitrogen and oxygen atoms in total. The van der Waals surface area contributed by atoms with Crippen molar-refractivity contribution in [1.29, 1.82) is 0 Å². The first-order valence-electron chi connectivity index (χ1n) is 4.24. The summed E-state index contributed by atoms with van der Waals surface area (Å²) >= 11 is 12.1. The van der Waals surface area contributed by atoms with Gasteiger partial charge in [0.25, 0.3) is 0 Å². The lowest BCUT2D eigenvalue weighted by Gasteiger charge is -2.21. The van der Waals surface area contributed by atoms with Gasteiger partial charge < -0.3 is 14.2 Å². The minimum Gasteiger partial charge on any atom is -0.378 e. The van der Waals surface area contributed by atoms with E-state index in [1.807, 2.05) is 6.92 Å². The predicted molar refractivity (Wildman–Crippen MR) is 58.0 cm³/mol. The fourth-order valence-electron chi connectivity index (χ4n) is 1.43. The Bertz CT molecular complexity index is 240. The molecule has 0 aliphatic carbocycles. The molecule has 0 amide bonds. The van der Waals surface area contributed by atoms with E-state index in [0.29, 0.717) is 0 Å². The molecule has 1 aliphatic rings. The molecule has 0 aromatic heterocycles. The highest BCUT2D eigenvalue weighted by atomic mass is 35.5. The highest BCUT2D eigenvalue weighted by Gasteiger charge is 2.49. The monoisotopic (exact) mass is 260 g/mol. The number of halogens is 2. The smallest absolute Gasteiger partial charge is 0.316 e. The van der Waals surface area contributed by atoms with Gasteiger partial charge in [-0.2, -0.15) is 0 Å². The predicted octanol–water partition coefficient (Wildman–Crippen LogP) is 0.553. The van der Waals surface area contributed by atoms with Crippen LogP contribution in [0.3, 0.4) is 0 Å². The Morgan fingerprint density at radius 1 is 1.71 bits per heavy atom. The Labute approximate surface area is 94.2 Å². The fourth-order valence-corrected chi connectivity index (χ4v) is 2.12. The summed E-state index contributed by atoms with van der Waals surface area (Å²) < 4.78 is 19.4. The summed E-state index contributed by atoms with van der Waals surface area (Å²) in [4.78, 5) is 8.50. The maximum atomic E-state index is 10.3. The second-order valence-electron chi connectivity index (χ2n) is 3.36. The van der Waals surface area contributed by atoms with E-state index in [9.17, 15) is 4.57 Å². The Morgan fingerprint density at radius 3 is 2.64 bits per heavy atom. The zero-order valence-corrected chi connectivity index (χ0v) is 10.4. The van der Waals surface area contributed by atoms with Crippen LogP contribution in [0.25, 0.3) is 0 Å². The van der Waals surface area contributed by atoms with Crippen LogP contribution >= 0.6 is 31.5 Å². The molecule has 82 valence electrons. The molecule has 0 radical (unpaired) electrons. The third-order valence-electron chi connectivity index (χ3n) is 2.46. The Balaban J connectivity index is 2.54. The van der Waals surface area contributed by atoms with Crippen molar-refractivity contribution in [2.45, 2.75) is 23.4 Å². The van der Waals surface area contributed by atoms with E-state index >= 15 is 0 Å². The summed E-state index contributed by atoms with van der Waals surface area (Å²) in [5.74, 6) is -0.137. The summed E-state index contributed by atoms with van der Waals surface area (Å²) in [6.45, 7) is 1.87. The SMILES string of the molecule is B[C@@H]1O[C@H](CO[PH](=O)O)[C@@H](C)C1(Cl)Cl. The summed E-state index contributed by atoms with van der Waals surface area (Å²) in [5.41, 5.74) is 0. The second-order valence-corrected chi connectivity index (χ2v) is 5.62. The standard InChI is InChI=1S/C6H12BCl2O4P/c1-3-4(2-12-14(10)11)13-5(7)6(3,8)9/h3-5,14H,2,7H2,1H3,(H,10,11)/t3-,4-,5-/m1/s1. The molecule has 1 saturated heterocycles. The van der Waals surface area contributed by atoms with Crippen LogP contribution in [-0.4, -0.2) is 35.8 Å². The van der Waals surface area contributed by atoms with Crippen molar-refractivity contribution >= 4 is 39.3 Å². The molecular formula is C6H12BCl2O4P. The third-order valence-corrected chi connectivity index (χ3v) is 4.17. The van der Waals surface area contributed by atoms with Gasteiger partial charge in [-0.25, -0.2) is 0 Å². The quantitative estimate of drug-likeness (QED) is 0.458. The van der Waals surface area contributed by atoms with Crippen molar-refractivity contribution in [2.75, 3.05) is 6.61 Å². The van der Waals surface area contributed by atoms with Gasteiger partial charge in [0.15, 0.2) is 0 Å². The van der Waals surface area contributed by atoms with E-state index in [4.69, 9.17) is 32.8 Å². The lowest BCUT2D eigenvalue weighted by molar-refractivity contribution is 0.0361. The summed E-state index contributed by atoms with van der Waals surface area (Å²) in [5, 5.41) is 0. The molecule has 1 aliphatic heterocycles. The molecule has 0 aromatic rings.